The molecular formula is C32H53NO14. The minimum Gasteiger partial charge on any atom is -0.491 e. The Kier molecular flexibility index (Phi) is 29.9. The Morgan fingerprint density at radius 3 is 1.26 bits per heavy atom. The normalized spacial score (nSPS) is 11.1. The standard InChI is InChI=1S/C32H53NO14/c34-28-29-2-4-30(5-3-29)47-27-26-46-25-24-45-23-22-44-21-20-43-19-18-42-17-16-41-15-14-40-13-12-39-11-10-38-9-1-8-33-31(35)6-7-32(36)37/h2-5,28H,1,6-27H2,(H,33,35)(H,36,37). The third-order valence-corrected chi connectivity index (χ3v) is 5.84. The van der Waals surface area contributed by atoms with Crippen LogP contribution in [0.1, 0.15) is 29.6 Å². The van der Waals surface area contributed by atoms with Crippen molar-refractivity contribution in [3.63, 3.8) is 0 Å². The Morgan fingerprint density at radius 2 is 0.894 bits per heavy atom. The van der Waals surface area contributed by atoms with Crippen molar-refractivity contribution in [2.24, 2.45) is 0 Å². The summed E-state index contributed by atoms with van der Waals surface area (Å²) in [5, 5.41) is 11.2. The molecule has 0 unspecified atom stereocenters. The van der Waals surface area contributed by atoms with E-state index < -0.39 is 5.97 Å². The van der Waals surface area contributed by atoms with Crippen molar-refractivity contribution in [3.8, 4) is 5.75 Å². The van der Waals surface area contributed by atoms with E-state index in [-0.39, 0.29) is 18.7 Å². The van der Waals surface area contributed by atoms with Gasteiger partial charge in [-0.1, -0.05) is 0 Å². The largest absolute Gasteiger partial charge is 0.491 e. The summed E-state index contributed by atoms with van der Waals surface area (Å²) in [4.78, 5) is 32.4. The molecule has 0 bridgehead atoms. The monoisotopic (exact) mass is 675 g/mol. The summed E-state index contributed by atoms with van der Waals surface area (Å²) in [5.41, 5.74) is 0.611. The Hall–Kier alpha value is -2.73. The minimum atomic E-state index is -0.985. The molecule has 0 spiro atoms. The van der Waals surface area contributed by atoms with Crippen LogP contribution in [-0.4, -0.2) is 155 Å². The highest BCUT2D eigenvalue weighted by atomic mass is 16.6. The number of rotatable bonds is 36. The molecule has 0 atom stereocenters. The maximum Gasteiger partial charge on any atom is 0.303 e. The number of aliphatic carboxylic acids is 1. The smallest absolute Gasteiger partial charge is 0.303 e. The molecule has 2 N–H and O–H groups in total. The first-order valence-corrected chi connectivity index (χ1v) is 16.0. The van der Waals surface area contributed by atoms with Crippen molar-refractivity contribution in [2.45, 2.75) is 19.3 Å². The fourth-order valence-corrected chi connectivity index (χ4v) is 3.43. The second-order valence-electron chi connectivity index (χ2n) is 9.64. The predicted molar refractivity (Wildman–Crippen MR) is 169 cm³/mol. The maximum absolute atomic E-state index is 11.4. The zero-order valence-electron chi connectivity index (χ0n) is 27.4. The van der Waals surface area contributed by atoms with Crippen LogP contribution in [0, 0.1) is 0 Å². The molecule has 15 heteroatoms. The van der Waals surface area contributed by atoms with Gasteiger partial charge >= 0.3 is 5.97 Å². The zero-order valence-corrected chi connectivity index (χ0v) is 27.4. The molecule has 0 aliphatic rings. The first-order valence-electron chi connectivity index (χ1n) is 16.0. The number of nitrogens with one attached hydrogen (secondary N) is 1. The summed E-state index contributed by atoms with van der Waals surface area (Å²) in [7, 11) is 0. The molecule has 1 aromatic carbocycles. The highest BCUT2D eigenvalue weighted by Crippen LogP contribution is 2.10. The maximum atomic E-state index is 11.4. The number of aldehydes is 1. The van der Waals surface area contributed by atoms with Crippen molar-refractivity contribution in [1.82, 2.24) is 5.32 Å². The van der Waals surface area contributed by atoms with Crippen molar-refractivity contribution >= 4 is 18.2 Å². The van der Waals surface area contributed by atoms with E-state index in [0.717, 1.165) is 6.29 Å². The number of carboxylic acid groups (broad SMARTS) is 1. The highest BCUT2D eigenvalue weighted by Gasteiger charge is 2.04. The summed E-state index contributed by atoms with van der Waals surface area (Å²) in [6, 6.07) is 6.91. The average Bonchev–Trinajstić information content (AvgIpc) is 3.08. The first-order chi connectivity index (χ1) is 23.1. The number of benzene rings is 1. The van der Waals surface area contributed by atoms with Gasteiger partial charge in [-0.15, -0.1) is 0 Å². The van der Waals surface area contributed by atoms with Gasteiger partial charge in [0.25, 0.3) is 0 Å². The molecule has 270 valence electrons. The number of hydrogen-bond acceptors (Lipinski definition) is 13. The molecule has 0 fully saturated rings. The number of carboxylic acids is 1. The number of hydrogen-bond donors (Lipinski definition) is 2. The van der Waals surface area contributed by atoms with Gasteiger partial charge in [0.1, 0.15) is 18.6 Å². The van der Waals surface area contributed by atoms with E-state index in [9.17, 15) is 14.4 Å². The minimum absolute atomic E-state index is 0.0126. The lowest BCUT2D eigenvalue weighted by molar-refractivity contribution is -0.138. The van der Waals surface area contributed by atoms with Gasteiger partial charge in [-0.3, -0.25) is 14.4 Å². The Morgan fingerprint density at radius 1 is 0.532 bits per heavy atom. The summed E-state index contributed by atoms with van der Waals surface area (Å²) in [5.74, 6) is -0.558. The topological polar surface area (TPSA) is 176 Å². The summed E-state index contributed by atoms with van der Waals surface area (Å²) in [6.07, 6.45) is 1.26. The van der Waals surface area contributed by atoms with E-state index in [1.807, 2.05) is 0 Å². The molecular weight excluding hydrogens is 622 g/mol. The van der Waals surface area contributed by atoms with E-state index in [2.05, 4.69) is 5.32 Å². The van der Waals surface area contributed by atoms with Crippen LogP contribution >= 0.6 is 0 Å². The molecule has 0 saturated heterocycles. The average molecular weight is 676 g/mol. The lowest BCUT2D eigenvalue weighted by Gasteiger charge is -2.09. The summed E-state index contributed by atoms with van der Waals surface area (Å²) < 4.78 is 54.5. The second kappa shape index (κ2) is 33.2. The van der Waals surface area contributed by atoms with Crippen LogP contribution in [0.5, 0.6) is 5.75 Å². The van der Waals surface area contributed by atoms with Crippen molar-refractivity contribution in [1.29, 1.82) is 0 Å². The number of amides is 1. The molecule has 0 aromatic heterocycles. The van der Waals surface area contributed by atoms with Gasteiger partial charge in [0.2, 0.25) is 5.91 Å². The van der Waals surface area contributed by atoms with Crippen molar-refractivity contribution < 1.29 is 66.9 Å². The first kappa shape index (κ1) is 42.3. The molecule has 0 aliphatic heterocycles. The van der Waals surface area contributed by atoms with Gasteiger partial charge in [0.05, 0.1) is 119 Å². The molecule has 0 radical (unpaired) electrons. The quantitative estimate of drug-likeness (QED) is 0.0771. The van der Waals surface area contributed by atoms with Crippen LogP contribution in [0.25, 0.3) is 0 Å². The van der Waals surface area contributed by atoms with Gasteiger partial charge in [-0.2, -0.15) is 0 Å². The molecule has 15 nitrogen and oxygen atoms in total. The highest BCUT2D eigenvalue weighted by molar-refractivity contribution is 5.80. The van der Waals surface area contributed by atoms with E-state index in [0.29, 0.717) is 150 Å². The lowest BCUT2D eigenvalue weighted by atomic mass is 10.2. The number of carbonyl (C=O) groups excluding carboxylic acids is 2. The number of carbonyl (C=O) groups is 3. The number of ether oxygens (including phenoxy) is 10. The van der Waals surface area contributed by atoms with Gasteiger partial charge in [-0.25, -0.2) is 0 Å². The van der Waals surface area contributed by atoms with Gasteiger partial charge in [0, 0.05) is 25.1 Å². The summed E-state index contributed by atoms with van der Waals surface area (Å²) in [6.45, 7) is 9.35. The zero-order chi connectivity index (χ0) is 33.9. The Bertz CT molecular complexity index is 874. The molecule has 1 rings (SSSR count). The van der Waals surface area contributed by atoms with Crippen molar-refractivity contribution in [3.05, 3.63) is 29.8 Å². The van der Waals surface area contributed by atoms with Crippen LogP contribution in [0.2, 0.25) is 0 Å². The van der Waals surface area contributed by atoms with E-state index in [1.165, 1.54) is 0 Å². The Labute approximate surface area is 277 Å². The molecule has 1 amide bonds. The van der Waals surface area contributed by atoms with Crippen LogP contribution in [0.4, 0.5) is 0 Å². The SMILES string of the molecule is O=Cc1ccc(OCCOCCOCCOCCOCCOCCOCCOCCOCCOCCCNC(=O)CCC(=O)O)cc1. The van der Waals surface area contributed by atoms with Crippen LogP contribution in [-0.2, 0) is 52.2 Å². The van der Waals surface area contributed by atoms with E-state index in [1.54, 1.807) is 24.3 Å². The van der Waals surface area contributed by atoms with Gasteiger partial charge in [0.15, 0.2) is 0 Å². The molecule has 0 saturated carbocycles. The molecule has 0 heterocycles. The Balaban J connectivity index is 1.65. The van der Waals surface area contributed by atoms with Gasteiger partial charge < -0.3 is 57.8 Å². The van der Waals surface area contributed by atoms with Crippen LogP contribution in [0.3, 0.4) is 0 Å². The summed E-state index contributed by atoms with van der Waals surface area (Å²) >= 11 is 0. The second-order valence-corrected chi connectivity index (χ2v) is 9.64. The molecule has 1 aromatic rings. The molecule has 47 heavy (non-hydrogen) atoms. The fraction of sp³-hybridized carbons (Fsp3) is 0.719. The van der Waals surface area contributed by atoms with Crippen LogP contribution in [0.15, 0.2) is 24.3 Å². The van der Waals surface area contributed by atoms with Crippen LogP contribution < -0.4 is 10.1 Å². The van der Waals surface area contributed by atoms with Gasteiger partial charge in [-0.05, 0) is 30.7 Å². The predicted octanol–water partition coefficient (Wildman–Crippen LogP) is 1.40. The third kappa shape index (κ3) is 30.4. The molecule has 0 aliphatic carbocycles. The lowest BCUT2D eigenvalue weighted by Crippen LogP contribution is -2.25. The fourth-order valence-electron chi connectivity index (χ4n) is 3.43. The van der Waals surface area contributed by atoms with Crippen molar-refractivity contribution in [2.75, 3.05) is 132 Å². The third-order valence-electron chi connectivity index (χ3n) is 5.84. The van der Waals surface area contributed by atoms with E-state index >= 15 is 0 Å². The van der Waals surface area contributed by atoms with E-state index in [4.69, 9.17) is 52.5 Å².